The number of fused-ring (bicyclic) bond motifs is 2. The van der Waals surface area contributed by atoms with Gasteiger partial charge in [0.15, 0.2) is 0 Å². The Morgan fingerprint density at radius 3 is 2.93 bits per heavy atom. The van der Waals surface area contributed by atoms with E-state index in [1.54, 1.807) is 30.5 Å². The predicted octanol–water partition coefficient (Wildman–Crippen LogP) is 2.55. The predicted molar refractivity (Wildman–Crippen MR) is 107 cm³/mol. The number of anilines is 1. The highest BCUT2D eigenvalue weighted by molar-refractivity contribution is 6.31. The van der Waals surface area contributed by atoms with Crippen molar-refractivity contribution in [2.24, 2.45) is 0 Å². The molecule has 0 radical (unpaired) electrons. The number of aromatic nitrogens is 2. The van der Waals surface area contributed by atoms with Crippen LogP contribution in [0.4, 0.5) is 5.69 Å². The average molecular weight is 419 g/mol. The quantitative estimate of drug-likeness (QED) is 0.566. The number of benzene rings is 1. The molecule has 0 saturated heterocycles. The molecule has 0 bridgehead atoms. The van der Waals surface area contributed by atoms with E-state index in [0.717, 1.165) is 10.9 Å². The topological polar surface area (TPSA) is 98.3 Å². The fourth-order valence-corrected chi connectivity index (χ4v) is 3.71. The van der Waals surface area contributed by atoms with Crippen molar-refractivity contribution in [2.75, 3.05) is 18.1 Å². The first kappa shape index (κ1) is 18.7. The molecule has 0 fully saturated rings. The number of nitrogens with zero attached hydrogens (tertiary/aromatic N) is 2. The zero-order valence-electron chi connectivity index (χ0n) is 14.6. The Morgan fingerprint density at radius 1 is 1.32 bits per heavy atom. The summed E-state index contributed by atoms with van der Waals surface area (Å²) in [6, 6.07) is 7.81. The number of carbonyl (C=O) groups excluding carboxylic acids is 2. The highest BCUT2D eigenvalue weighted by Gasteiger charge is 2.34. The molecule has 0 saturated carbocycles. The summed E-state index contributed by atoms with van der Waals surface area (Å²) in [4.78, 5) is 34.0. The summed E-state index contributed by atoms with van der Waals surface area (Å²) in [6.07, 6.45) is 1.88. The first-order chi connectivity index (χ1) is 13.5. The summed E-state index contributed by atoms with van der Waals surface area (Å²) in [6.45, 7) is -0.0801. The standard InChI is InChI=1S/C19H16Cl2N4O3/c20-12-2-1-10-5-14(19(28)25(3-4-26)16(10)8-12)24-18(27)13-6-11-7-17(21)22-9-15(11)23-13/h1-2,6-9,14,23,26H,3-5H2,(H,24,27). The number of aliphatic hydroxyl groups is 1. The van der Waals surface area contributed by atoms with Crippen molar-refractivity contribution in [3.8, 4) is 0 Å². The number of β-amino-alcohol motifs (C(OH)–C–C–N with tert-alkyl or cyclic N) is 1. The molecule has 1 aliphatic rings. The maximum atomic E-state index is 12.9. The number of H-pyrrole nitrogens is 1. The molecule has 1 aromatic carbocycles. The summed E-state index contributed by atoms with van der Waals surface area (Å²) >= 11 is 11.9. The average Bonchev–Trinajstić information content (AvgIpc) is 3.09. The number of amides is 2. The number of hydrogen-bond acceptors (Lipinski definition) is 4. The minimum atomic E-state index is -0.749. The maximum Gasteiger partial charge on any atom is 0.268 e. The van der Waals surface area contributed by atoms with Gasteiger partial charge in [0.1, 0.15) is 16.9 Å². The molecule has 3 N–H and O–H groups in total. The smallest absolute Gasteiger partial charge is 0.268 e. The van der Waals surface area contributed by atoms with E-state index in [9.17, 15) is 14.7 Å². The van der Waals surface area contributed by atoms with Gasteiger partial charge in [0.25, 0.3) is 5.91 Å². The summed E-state index contributed by atoms with van der Waals surface area (Å²) in [5.41, 5.74) is 2.51. The summed E-state index contributed by atoms with van der Waals surface area (Å²) in [5, 5.41) is 13.7. The van der Waals surface area contributed by atoms with Crippen LogP contribution in [-0.2, 0) is 11.2 Å². The zero-order chi connectivity index (χ0) is 19.8. The maximum absolute atomic E-state index is 12.9. The number of rotatable bonds is 4. The van der Waals surface area contributed by atoms with E-state index in [2.05, 4.69) is 15.3 Å². The molecule has 7 nitrogen and oxygen atoms in total. The lowest BCUT2D eigenvalue weighted by molar-refractivity contribution is -0.120. The number of halogens is 2. The van der Waals surface area contributed by atoms with Gasteiger partial charge in [0.05, 0.1) is 18.3 Å². The Hall–Kier alpha value is -2.61. The summed E-state index contributed by atoms with van der Waals surface area (Å²) < 4.78 is 0. The molecule has 0 spiro atoms. The monoisotopic (exact) mass is 418 g/mol. The van der Waals surface area contributed by atoms with Crippen molar-refractivity contribution in [3.63, 3.8) is 0 Å². The lowest BCUT2D eigenvalue weighted by Gasteiger charge is -2.34. The van der Waals surface area contributed by atoms with Crippen molar-refractivity contribution in [3.05, 3.63) is 58.0 Å². The van der Waals surface area contributed by atoms with Crippen LogP contribution in [0.5, 0.6) is 0 Å². The van der Waals surface area contributed by atoms with Crippen LogP contribution in [0.3, 0.4) is 0 Å². The molecule has 3 heterocycles. The van der Waals surface area contributed by atoms with Crippen molar-refractivity contribution < 1.29 is 14.7 Å². The Labute approximate surface area is 170 Å². The van der Waals surface area contributed by atoms with Crippen LogP contribution in [0.1, 0.15) is 16.1 Å². The van der Waals surface area contributed by atoms with Crippen LogP contribution in [0, 0.1) is 0 Å². The lowest BCUT2D eigenvalue weighted by atomic mass is 9.97. The van der Waals surface area contributed by atoms with Gasteiger partial charge in [-0.1, -0.05) is 29.3 Å². The first-order valence-corrected chi connectivity index (χ1v) is 9.37. The lowest BCUT2D eigenvalue weighted by Crippen LogP contribution is -2.53. The van der Waals surface area contributed by atoms with Crippen LogP contribution < -0.4 is 10.2 Å². The van der Waals surface area contributed by atoms with Crippen LogP contribution in [-0.4, -0.2) is 46.1 Å². The van der Waals surface area contributed by atoms with Gasteiger partial charge < -0.3 is 20.3 Å². The van der Waals surface area contributed by atoms with Crippen LogP contribution >= 0.6 is 23.2 Å². The molecule has 1 aliphatic heterocycles. The number of nitrogens with one attached hydrogen (secondary N) is 2. The third-order valence-electron chi connectivity index (χ3n) is 4.67. The molecule has 1 unspecified atom stereocenters. The fourth-order valence-electron chi connectivity index (χ4n) is 3.38. The van der Waals surface area contributed by atoms with Gasteiger partial charge in [-0.05, 0) is 29.8 Å². The number of pyridine rings is 1. The molecule has 2 amide bonds. The van der Waals surface area contributed by atoms with E-state index in [-0.39, 0.29) is 19.1 Å². The minimum absolute atomic E-state index is 0.120. The molecule has 28 heavy (non-hydrogen) atoms. The largest absolute Gasteiger partial charge is 0.395 e. The summed E-state index contributed by atoms with van der Waals surface area (Å²) in [5.74, 6) is -0.704. The number of aromatic amines is 1. The molecule has 9 heteroatoms. The number of aliphatic hydroxyl groups excluding tert-OH is 1. The molecule has 1 atom stereocenters. The molecule has 0 aliphatic carbocycles. The van der Waals surface area contributed by atoms with Crippen molar-refractivity contribution >= 4 is 51.6 Å². The second kappa shape index (κ2) is 7.43. The molecular weight excluding hydrogens is 403 g/mol. The van der Waals surface area contributed by atoms with Gasteiger partial charge in [-0.15, -0.1) is 0 Å². The van der Waals surface area contributed by atoms with E-state index in [1.807, 2.05) is 6.07 Å². The van der Waals surface area contributed by atoms with Crippen LogP contribution in [0.2, 0.25) is 10.2 Å². The number of hydrogen-bond donors (Lipinski definition) is 3. The Balaban J connectivity index is 1.60. The first-order valence-electron chi connectivity index (χ1n) is 8.62. The van der Waals surface area contributed by atoms with Crippen LogP contribution in [0.25, 0.3) is 10.9 Å². The second-order valence-electron chi connectivity index (χ2n) is 6.49. The number of carbonyl (C=O) groups is 2. The van der Waals surface area contributed by atoms with E-state index in [0.29, 0.717) is 33.5 Å². The van der Waals surface area contributed by atoms with Crippen LogP contribution in [0.15, 0.2) is 36.5 Å². The van der Waals surface area contributed by atoms with Gasteiger partial charge in [-0.2, -0.15) is 0 Å². The van der Waals surface area contributed by atoms with E-state index >= 15 is 0 Å². The van der Waals surface area contributed by atoms with Gasteiger partial charge in [-0.25, -0.2) is 4.98 Å². The minimum Gasteiger partial charge on any atom is -0.395 e. The molecule has 4 rings (SSSR count). The van der Waals surface area contributed by atoms with Crippen molar-refractivity contribution in [2.45, 2.75) is 12.5 Å². The second-order valence-corrected chi connectivity index (χ2v) is 7.32. The van der Waals surface area contributed by atoms with Crippen molar-refractivity contribution in [1.29, 1.82) is 0 Å². The van der Waals surface area contributed by atoms with E-state index in [1.165, 1.54) is 4.90 Å². The molecule has 2 aromatic heterocycles. The normalized spacial score (nSPS) is 16.3. The third-order valence-corrected chi connectivity index (χ3v) is 5.11. The Morgan fingerprint density at radius 2 is 2.14 bits per heavy atom. The van der Waals surface area contributed by atoms with Gasteiger partial charge >= 0.3 is 0 Å². The zero-order valence-corrected chi connectivity index (χ0v) is 16.1. The molecule has 3 aromatic rings. The van der Waals surface area contributed by atoms with Crippen molar-refractivity contribution in [1.82, 2.24) is 15.3 Å². The Bertz CT molecular complexity index is 1080. The molecular formula is C19H16Cl2N4O3. The fraction of sp³-hybridized carbons (Fsp3) is 0.211. The van der Waals surface area contributed by atoms with Gasteiger partial charge in [-0.3, -0.25) is 9.59 Å². The third kappa shape index (κ3) is 3.44. The van der Waals surface area contributed by atoms with Gasteiger partial charge in [0, 0.05) is 29.1 Å². The highest BCUT2D eigenvalue weighted by atomic mass is 35.5. The SMILES string of the molecule is O=C(NC1Cc2ccc(Cl)cc2N(CCO)C1=O)c1cc2cc(Cl)ncc2[nH]1. The molecule has 144 valence electrons. The summed E-state index contributed by atoms with van der Waals surface area (Å²) in [7, 11) is 0. The van der Waals surface area contributed by atoms with Gasteiger partial charge in [0.2, 0.25) is 5.91 Å². The van der Waals surface area contributed by atoms with E-state index in [4.69, 9.17) is 23.2 Å². The Kier molecular flexibility index (Phi) is 4.97. The van der Waals surface area contributed by atoms with E-state index < -0.39 is 11.9 Å². The highest BCUT2D eigenvalue weighted by Crippen LogP contribution is 2.30.